The first-order valence-corrected chi connectivity index (χ1v) is 5.40. The van der Waals surface area contributed by atoms with Crippen LogP contribution >= 0.6 is 0 Å². The Morgan fingerprint density at radius 1 is 1.28 bits per heavy atom. The summed E-state index contributed by atoms with van der Waals surface area (Å²) in [5.74, 6) is -0.647. The number of nitrogens with zero attached hydrogens (tertiary/aromatic N) is 1. The van der Waals surface area contributed by atoms with Gasteiger partial charge in [-0.25, -0.2) is 4.39 Å². The highest BCUT2D eigenvalue weighted by Crippen LogP contribution is 2.15. The standard InChI is InChI=1S/C13H12FN3O/c14-12-2-1-11(7-10(12)8-15)17-13(18)9-3-5-16-6-4-9/h1-7H,8,15H2,(H,17,18). The Balaban J connectivity index is 2.17. The van der Waals surface area contributed by atoms with Crippen molar-refractivity contribution < 1.29 is 9.18 Å². The van der Waals surface area contributed by atoms with Gasteiger partial charge in [0.2, 0.25) is 0 Å². The van der Waals surface area contributed by atoms with Gasteiger partial charge in [0.15, 0.2) is 0 Å². The number of hydrogen-bond acceptors (Lipinski definition) is 3. The van der Waals surface area contributed by atoms with Crippen molar-refractivity contribution in [3.05, 3.63) is 59.7 Å². The highest BCUT2D eigenvalue weighted by molar-refractivity contribution is 6.04. The minimum absolute atomic E-state index is 0.0881. The van der Waals surface area contributed by atoms with Crippen molar-refractivity contribution >= 4 is 11.6 Å². The fourth-order valence-electron chi connectivity index (χ4n) is 1.52. The van der Waals surface area contributed by atoms with Gasteiger partial charge in [-0.1, -0.05) is 0 Å². The normalized spacial score (nSPS) is 10.1. The molecule has 0 aliphatic carbocycles. The number of hydrogen-bond donors (Lipinski definition) is 2. The second kappa shape index (κ2) is 5.37. The average Bonchev–Trinajstić information content (AvgIpc) is 2.42. The van der Waals surface area contributed by atoms with Crippen LogP contribution in [0.25, 0.3) is 0 Å². The number of benzene rings is 1. The second-order valence-corrected chi connectivity index (χ2v) is 3.70. The molecule has 0 saturated heterocycles. The third-order valence-corrected chi connectivity index (χ3v) is 2.47. The van der Waals surface area contributed by atoms with Crippen LogP contribution in [0.4, 0.5) is 10.1 Å². The molecule has 2 rings (SSSR count). The minimum Gasteiger partial charge on any atom is -0.326 e. The van der Waals surface area contributed by atoms with Gasteiger partial charge in [-0.2, -0.15) is 0 Å². The second-order valence-electron chi connectivity index (χ2n) is 3.70. The van der Waals surface area contributed by atoms with E-state index in [1.807, 2.05) is 0 Å². The molecule has 0 atom stereocenters. The first-order chi connectivity index (χ1) is 8.70. The molecule has 0 saturated carbocycles. The van der Waals surface area contributed by atoms with Crippen molar-refractivity contribution in [3.63, 3.8) is 0 Å². The molecule has 0 aliphatic heterocycles. The van der Waals surface area contributed by atoms with E-state index in [1.165, 1.54) is 30.6 Å². The molecule has 0 aliphatic rings. The minimum atomic E-state index is -0.376. The van der Waals surface area contributed by atoms with Crippen molar-refractivity contribution in [2.75, 3.05) is 5.32 Å². The molecule has 0 bridgehead atoms. The lowest BCUT2D eigenvalue weighted by Crippen LogP contribution is -2.12. The Bertz CT molecular complexity index is 557. The van der Waals surface area contributed by atoms with Crippen LogP contribution in [0.1, 0.15) is 15.9 Å². The van der Waals surface area contributed by atoms with Crippen LogP contribution in [0.15, 0.2) is 42.7 Å². The van der Waals surface area contributed by atoms with Gasteiger partial charge in [0.1, 0.15) is 5.82 Å². The molecule has 1 aromatic carbocycles. The Kier molecular flexibility index (Phi) is 3.64. The summed E-state index contributed by atoms with van der Waals surface area (Å²) in [6, 6.07) is 7.50. The summed E-state index contributed by atoms with van der Waals surface area (Å²) in [6.45, 7) is 0.0881. The lowest BCUT2D eigenvalue weighted by molar-refractivity contribution is 0.102. The maximum atomic E-state index is 13.2. The van der Waals surface area contributed by atoms with Gasteiger partial charge >= 0.3 is 0 Å². The van der Waals surface area contributed by atoms with E-state index in [2.05, 4.69) is 10.3 Å². The lowest BCUT2D eigenvalue weighted by atomic mass is 10.1. The highest BCUT2D eigenvalue weighted by atomic mass is 19.1. The number of pyridine rings is 1. The first-order valence-electron chi connectivity index (χ1n) is 5.40. The van der Waals surface area contributed by atoms with E-state index in [-0.39, 0.29) is 18.3 Å². The molecule has 0 spiro atoms. The zero-order valence-electron chi connectivity index (χ0n) is 9.56. The van der Waals surface area contributed by atoms with E-state index in [0.717, 1.165) is 0 Å². The number of amides is 1. The first kappa shape index (κ1) is 12.2. The van der Waals surface area contributed by atoms with Gasteiger partial charge in [0.05, 0.1) is 0 Å². The van der Waals surface area contributed by atoms with Crippen LogP contribution in [-0.4, -0.2) is 10.9 Å². The molecule has 1 aromatic heterocycles. The Labute approximate surface area is 104 Å². The highest BCUT2D eigenvalue weighted by Gasteiger charge is 2.07. The molecule has 1 amide bonds. The van der Waals surface area contributed by atoms with Crippen LogP contribution in [0, 0.1) is 5.82 Å². The topological polar surface area (TPSA) is 68.0 Å². The van der Waals surface area contributed by atoms with E-state index in [9.17, 15) is 9.18 Å². The van der Waals surface area contributed by atoms with Crippen LogP contribution < -0.4 is 11.1 Å². The maximum absolute atomic E-state index is 13.2. The average molecular weight is 245 g/mol. The van der Waals surface area contributed by atoms with Crippen molar-refractivity contribution in [1.29, 1.82) is 0 Å². The quantitative estimate of drug-likeness (QED) is 0.868. The number of carbonyl (C=O) groups excluding carboxylic acids is 1. The molecule has 0 unspecified atom stereocenters. The van der Waals surface area contributed by atoms with E-state index >= 15 is 0 Å². The monoisotopic (exact) mass is 245 g/mol. The predicted molar refractivity (Wildman–Crippen MR) is 66.5 cm³/mol. The molecule has 5 heteroatoms. The van der Waals surface area contributed by atoms with Gasteiger partial charge in [0.25, 0.3) is 5.91 Å². The number of carbonyl (C=O) groups is 1. The van der Waals surface area contributed by atoms with Gasteiger partial charge in [-0.15, -0.1) is 0 Å². The number of halogens is 1. The summed E-state index contributed by atoms with van der Waals surface area (Å²) in [5.41, 5.74) is 6.77. The van der Waals surface area contributed by atoms with E-state index in [4.69, 9.17) is 5.73 Å². The zero-order chi connectivity index (χ0) is 13.0. The van der Waals surface area contributed by atoms with Gasteiger partial charge in [-0.05, 0) is 30.3 Å². The van der Waals surface area contributed by atoms with Gasteiger partial charge in [0, 0.05) is 35.8 Å². The summed E-state index contributed by atoms with van der Waals surface area (Å²) < 4.78 is 13.2. The van der Waals surface area contributed by atoms with Crippen LogP contribution in [0.5, 0.6) is 0 Å². The zero-order valence-corrected chi connectivity index (χ0v) is 9.56. The SMILES string of the molecule is NCc1cc(NC(=O)c2ccncc2)ccc1F. The van der Waals surface area contributed by atoms with Crippen molar-refractivity contribution in [3.8, 4) is 0 Å². The summed E-state index contributed by atoms with van der Waals surface area (Å²) in [7, 11) is 0. The van der Waals surface area contributed by atoms with Crippen LogP contribution in [0.3, 0.4) is 0 Å². The molecule has 1 heterocycles. The molecular formula is C13H12FN3O. The predicted octanol–water partition coefficient (Wildman–Crippen LogP) is 1.93. The molecule has 92 valence electrons. The molecule has 4 nitrogen and oxygen atoms in total. The third-order valence-electron chi connectivity index (χ3n) is 2.47. The van der Waals surface area contributed by atoms with Crippen molar-refractivity contribution in [1.82, 2.24) is 4.98 Å². The molecule has 0 fully saturated rings. The van der Waals surface area contributed by atoms with Crippen LogP contribution in [-0.2, 0) is 6.54 Å². The Morgan fingerprint density at radius 3 is 2.67 bits per heavy atom. The molecule has 0 radical (unpaired) electrons. The Hall–Kier alpha value is -2.27. The molecular weight excluding hydrogens is 233 g/mol. The van der Waals surface area contributed by atoms with E-state index < -0.39 is 0 Å². The van der Waals surface area contributed by atoms with Gasteiger partial charge in [-0.3, -0.25) is 9.78 Å². The summed E-state index contributed by atoms with van der Waals surface area (Å²) in [4.78, 5) is 15.7. The molecule has 2 aromatic rings. The third kappa shape index (κ3) is 2.70. The number of nitrogens with one attached hydrogen (secondary N) is 1. The summed E-state index contributed by atoms with van der Waals surface area (Å²) in [6.07, 6.45) is 3.07. The molecule has 18 heavy (non-hydrogen) atoms. The van der Waals surface area contributed by atoms with Crippen molar-refractivity contribution in [2.45, 2.75) is 6.54 Å². The maximum Gasteiger partial charge on any atom is 0.255 e. The fraction of sp³-hybridized carbons (Fsp3) is 0.0769. The number of nitrogens with two attached hydrogens (primary N) is 1. The van der Waals surface area contributed by atoms with Gasteiger partial charge < -0.3 is 11.1 Å². The van der Waals surface area contributed by atoms with Crippen molar-refractivity contribution in [2.24, 2.45) is 5.73 Å². The smallest absolute Gasteiger partial charge is 0.255 e. The van der Waals surface area contributed by atoms with E-state index in [0.29, 0.717) is 16.8 Å². The van der Waals surface area contributed by atoms with E-state index in [1.54, 1.807) is 12.1 Å². The molecule has 3 N–H and O–H groups in total. The number of anilines is 1. The lowest BCUT2D eigenvalue weighted by Gasteiger charge is -2.07. The summed E-state index contributed by atoms with van der Waals surface area (Å²) >= 11 is 0. The fourth-order valence-corrected chi connectivity index (χ4v) is 1.52. The number of aromatic nitrogens is 1. The number of rotatable bonds is 3. The summed E-state index contributed by atoms with van der Waals surface area (Å²) in [5, 5.41) is 2.67. The largest absolute Gasteiger partial charge is 0.326 e. The van der Waals surface area contributed by atoms with Crippen LogP contribution in [0.2, 0.25) is 0 Å². The Morgan fingerprint density at radius 2 is 2.00 bits per heavy atom.